The number of hydrogen-bond acceptors (Lipinski definition) is 12. The van der Waals surface area contributed by atoms with E-state index in [-0.39, 0.29) is 30.4 Å². The van der Waals surface area contributed by atoms with Crippen molar-refractivity contribution in [3.8, 4) is 5.75 Å². The minimum absolute atomic E-state index is 0.0861. The molecule has 0 saturated carbocycles. The molecule has 0 spiro atoms. The third kappa shape index (κ3) is 8.60. The van der Waals surface area contributed by atoms with Crippen LogP contribution in [0.4, 0.5) is 5.95 Å². The van der Waals surface area contributed by atoms with E-state index in [9.17, 15) is 18.6 Å². The molecule has 0 aliphatic carbocycles. The number of piperidine rings is 1. The maximum Gasteiger partial charge on any atom is 0.255 e. The molecule has 5 N–H and O–H groups in total. The van der Waals surface area contributed by atoms with E-state index in [1.54, 1.807) is 16.5 Å². The molecule has 2 aromatic heterocycles. The van der Waals surface area contributed by atoms with Gasteiger partial charge in [-0.15, -0.1) is 5.10 Å². The molecule has 7 rings (SSSR count). The second-order valence-corrected chi connectivity index (χ2v) is 16.4. The fourth-order valence-electron chi connectivity index (χ4n) is 7.65. The van der Waals surface area contributed by atoms with Crippen molar-refractivity contribution in [2.45, 2.75) is 81.6 Å². The van der Waals surface area contributed by atoms with E-state index < -0.39 is 17.0 Å². The van der Waals surface area contributed by atoms with Gasteiger partial charge in [0.25, 0.3) is 5.91 Å². The minimum atomic E-state index is -1.30. The first-order valence-electron chi connectivity index (χ1n) is 19.3. The number of anilines is 1. The number of aldehydes is 1. The molecule has 2 aromatic carbocycles. The number of ether oxygens (including phenoxy) is 1. The van der Waals surface area contributed by atoms with Crippen molar-refractivity contribution in [3.63, 3.8) is 0 Å². The van der Waals surface area contributed by atoms with Gasteiger partial charge in [0.2, 0.25) is 17.5 Å². The molecule has 300 valence electrons. The zero-order valence-electron chi connectivity index (χ0n) is 32.4. The lowest BCUT2D eigenvalue weighted by molar-refractivity contribution is -0.121. The molecular weight excluding hydrogens is 747 g/mol. The first-order valence-corrected chi connectivity index (χ1v) is 20.4. The Morgan fingerprint density at radius 2 is 1.95 bits per heavy atom. The average molecular weight is 796 g/mol. The lowest BCUT2D eigenvalue weighted by atomic mass is 9.89. The largest absolute Gasteiger partial charge is 0.485 e. The number of rotatable bonds is 16. The Labute approximate surface area is 333 Å². The number of likely N-dealkylation sites (tertiary alicyclic amines) is 1. The summed E-state index contributed by atoms with van der Waals surface area (Å²) in [6.07, 6.45) is 6.56. The summed E-state index contributed by atoms with van der Waals surface area (Å²) >= 11 is 0. The summed E-state index contributed by atoms with van der Waals surface area (Å²) in [4.78, 5) is 50.5. The van der Waals surface area contributed by atoms with Crippen molar-refractivity contribution in [2.75, 3.05) is 38.5 Å². The standard InChI is InChI=1S/C40H49N11O5S/c1-25(2)56-37-36(29(17-41)18-42)44-24-51-38(37)46-40(47-51)45-31-11-13-49(14-12-31)57(55)33-6-4-5-26(15-33)19-48-20-30(21-48)27-7-9-34-28(16-27)22-50(39(34)54)32(23-52)8-10-35(53)43-3/h4-7,9,15-18,23-25,30-32,41H,8,10-14,19-22,42H2,1-3H3,(H,43,53)(H,45,47)/b29-18+,41-17?. The van der Waals surface area contributed by atoms with Crippen LogP contribution in [0, 0.1) is 5.41 Å². The molecule has 3 aliphatic heterocycles. The van der Waals surface area contributed by atoms with Crippen molar-refractivity contribution in [1.82, 2.24) is 39.0 Å². The molecule has 0 bridgehead atoms. The zero-order valence-corrected chi connectivity index (χ0v) is 33.2. The summed E-state index contributed by atoms with van der Waals surface area (Å²) in [5.41, 5.74) is 10.9. The minimum Gasteiger partial charge on any atom is -0.485 e. The highest BCUT2D eigenvalue weighted by Gasteiger charge is 2.35. The van der Waals surface area contributed by atoms with Gasteiger partial charge in [0.15, 0.2) is 5.75 Å². The van der Waals surface area contributed by atoms with Gasteiger partial charge in [-0.05, 0) is 68.0 Å². The Kier molecular flexibility index (Phi) is 12.1. The average Bonchev–Trinajstić information content (AvgIpc) is 3.77. The third-order valence-electron chi connectivity index (χ3n) is 10.7. The van der Waals surface area contributed by atoms with Crippen LogP contribution in [0.25, 0.3) is 11.2 Å². The van der Waals surface area contributed by atoms with E-state index in [4.69, 9.17) is 20.9 Å². The van der Waals surface area contributed by atoms with Gasteiger partial charge in [-0.1, -0.05) is 24.3 Å². The number of hydrogen-bond donors (Lipinski definition) is 4. The molecule has 2 amide bonds. The highest BCUT2D eigenvalue weighted by Crippen LogP contribution is 2.34. The van der Waals surface area contributed by atoms with Gasteiger partial charge in [0, 0.05) is 88.2 Å². The first kappa shape index (κ1) is 39.7. The summed E-state index contributed by atoms with van der Waals surface area (Å²) < 4.78 is 23.4. The van der Waals surface area contributed by atoms with Gasteiger partial charge in [-0.3, -0.25) is 14.5 Å². The Balaban J connectivity index is 0.907. The summed E-state index contributed by atoms with van der Waals surface area (Å²) in [6.45, 7) is 7.94. The number of nitrogens with two attached hydrogens (primary N) is 1. The first-order chi connectivity index (χ1) is 27.6. The molecule has 17 heteroatoms. The van der Waals surface area contributed by atoms with Crippen LogP contribution in [0.5, 0.6) is 5.75 Å². The maximum atomic E-state index is 13.7. The normalized spacial score (nSPS) is 18.0. The molecule has 5 heterocycles. The maximum absolute atomic E-state index is 13.7. The zero-order chi connectivity index (χ0) is 40.2. The SMILES string of the molecule is CNC(=O)CCC(C=O)N1Cc2cc(C3CN(Cc4cccc(S(=O)N5CCC(Nc6nc7c(OC(C)C)c(/C(C=N)=C/N)ncn7n6)CC5)c4)C3)ccc2C1=O. The van der Waals surface area contributed by atoms with Crippen molar-refractivity contribution in [2.24, 2.45) is 5.73 Å². The number of carbonyl (C=O) groups excluding carboxylic acids is 3. The molecule has 16 nitrogen and oxygen atoms in total. The van der Waals surface area contributed by atoms with Crippen molar-refractivity contribution < 1.29 is 23.3 Å². The van der Waals surface area contributed by atoms with Crippen LogP contribution in [-0.4, -0.2) is 114 Å². The molecule has 3 aliphatic rings. The number of nitrogens with one attached hydrogen (secondary N) is 3. The Hall–Kier alpha value is -5.52. The number of aromatic nitrogens is 4. The van der Waals surface area contributed by atoms with Crippen LogP contribution in [0.2, 0.25) is 0 Å². The molecular formula is C40H49N11O5S. The Morgan fingerprint density at radius 1 is 1.16 bits per heavy atom. The van der Waals surface area contributed by atoms with E-state index in [1.165, 1.54) is 18.1 Å². The molecule has 2 saturated heterocycles. The van der Waals surface area contributed by atoms with Crippen LogP contribution in [0.3, 0.4) is 0 Å². The molecule has 2 atom stereocenters. The van der Waals surface area contributed by atoms with Crippen molar-refractivity contribution in [3.05, 3.63) is 82.9 Å². The van der Waals surface area contributed by atoms with E-state index in [0.717, 1.165) is 61.0 Å². The Morgan fingerprint density at radius 3 is 2.65 bits per heavy atom. The van der Waals surface area contributed by atoms with Crippen molar-refractivity contribution in [1.29, 1.82) is 5.41 Å². The summed E-state index contributed by atoms with van der Waals surface area (Å²) in [6, 6.07) is 13.4. The highest BCUT2D eigenvalue weighted by molar-refractivity contribution is 7.82. The quantitative estimate of drug-likeness (QED) is 0.0959. The van der Waals surface area contributed by atoms with Gasteiger partial charge in [-0.25, -0.2) is 13.5 Å². The van der Waals surface area contributed by atoms with Crippen LogP contribution in [0.1, 0.15) is 78.2 Å². The fourth-order valence-corrected chi connectivity index (χ4v) is 8.93. The molecule has 2 fully saturated rings. The number of benzene rings is 2. The second kappa shape index (κ2) is 17.3. The lowest BCUT2D eigenvalue weighted by Crippen LogP contribution is -2.44. The van der Waals surface area contributed by atoms with Crippen LogP contribution in [-0.2, 0) is 33.7 Å². The lowest BCUT2D eigenvalue weighted by Gasteiger charge is -2.40. The number of amides is 2. The van der Waals surface area contributed by atoms with Crippen molar-refractivity contribution >= 4 is 52.5 Å². The monoisotopic (exact) mass is 795 g/mol. The molecule has 57 heavy (non-hydrogen) atoms. The topological polar surface area (TPSA) is 204 Å². The van der Waals surface area contributed by atoms with E-state index in [0.29, 0.717) is 66.1 Å². The van der Waals surface area contributed by atoms with E-state index >= 15 is 0 Å². The summed E-state index contributed by atoms with van der Waals surface area (Å²) in [5, 5.41) is 18.3. The fraction of sp³-hybridized carbons (Fsp3) is 0.425. The van der Waals surface area contributed by atoms with Gasteiger partial charge < -0.3 is 36.2 Å². The van der Waals surface area contributed by atoms with Crippen LogP contribution in [0.15, 0.2) is 59.9 Å². The van der Waals surface area contributed by atoms with Crippen LogP contribution < -0.4 is 21.1 Å². The van der Waals surface area contributed by atoms with Gasteiger partial charge >= 0.3 is 0 Å². The second-order valence-electron chi connectivity index (χ2n) is 15.0. The van der Waals surface area contributed by atoms with Gasteiger partial charge in [0.1, 0.15) is 29.3 Å². The number of nitrogens with zero attached hydrogens (tertiary/aromatic N) is 7. The molecule has 0 radical (unpaired) electrons. The van der Waals surface area contributed by atoms with Gasteiger partial charge in [0.05, 0.1) is 17.0 Å². The van der Waals surface area contributed by atoms with Crippen LogP contribution >= 0.6 is 0 Å². The number of carbonyl (C=O) groups is 3. The number of allylic oxidation sites excluding steroid dienone is 1. The predicted molar refractivity (Wildman–Crippen MR) is 216 cm³/mol. The summed E-state index contributed by atoms with van der Waals surface area (Å²) in [5.74, 6) is 0.848. The van der Waals surface area contributed by atoms with Gasteiger partial charge in [-0.2, -0.15) is 9.50 Å². The molecule has 2 unspecified atom stereocenters. The highest BCUT2D eigenvalue weighted by atomic mass is 32.2. The van der Waals surface area contributed by atoms with E-state index in [2.05, 4.69) is 37.7 Å². The molecule has 4 aromatic rings. The smallest absolute Gasteiger partial charge is 0.255 e. The number of fused-ring (bicyclic) bond motifs is 2. The predicted octanol–water partition coefficient (Wildman–Crippen LogP) is 3.11. The third-order valence-corrected chi connectivity index (χ3v) is 12.2. The summed E-state index contributed by atoms with van der Waals surface area (Å²) in [7, 11) is 0.253. The Bertz CT molecular complexity index is 2210. The van der Waals surface area contributed by atoms with E-state index in [1.807, 2.05) is 48.5 Å².